The summed E-state index contributed by atoms with van der Waals surface area (Å²) in [7, 11) is -3.70. The summed E-state index contributed by atoms with van der Waals surface area (Å²) in [5.41, 5.74) is 4.33. The Bertz CT molecular complexity index is 1520. The Morgan fingerprint density at radius 2 is 1.85 bits per heavy atom. The van der Waals surface area contributed by atoms with Crippen molar-refractivity contribution in [2.45, 2.75) is 47.5 Å². The molecule has 4 atom stereocenters. The molecule has 0 saturated heterocycles. The van der Waals surface area contributed by atoms with Crippen LogP contribution >= 0.6 is 0 Å². The van der Waals surface area contributed by atoms with Crippen molar-refractivity contribution in [2.75, 3.05) is 0 Å². The van der Waals surface area contributed by atoms with Crippen LogP contribution in [0.2, 0.25) is 0 Å². The van der Waals surface area contributed by atoms with Crippen molar-refractivity contribution in [3.8, 4) is 11.8 Å². The SMILES string of the molecule is Cc1cc(C#N)cc2c1S(=O)(=O)c1cccc3c1C2C[C@H]3Oc1ccc([C@H]2C[C@@H]2C(=O)O)cc1. The molecule has 170 valence electrons. The summed E-state index contributed by atoms with van der Waals surface area (Å²) in [6.45, 7) is 1.74. The van der Waals surface area contributed by atoms with Gasteiger partial charge in [0.1, 0.15) is 11.9 Å². The molecule has 3 aromatic carbocycles. The van der Waals surface area contributed by atoms with E-state index in [0.29, 0.717) is 45.1 Å². The summed E-state index contributed by atoms with van der Waals surface area (Å²) >= 11 is 0. The molecule has 0 amide bonds. The number of aryl methyl sites for hydroxylation is 1. The number of nitriles is 1. The third-order valence-corrected chi connectivity index (χ3v) is 9.34. The van der Waals surface area contributed by atoms with Gasteiger partial charge in [0.05, 0.1) is 27.3 Å². The second kappa shape index (κ2) is 7.18. The lowest BCUT2D eigenvalue weighted by Gasteiger charge is -2.26. The van der Waals surface area contributed by atoms with Gasteiger partial charge < -0.3 is 9.84 Å². The van der Waals surface area contributed by atoms with E-state index in [1.807, 2.05) is 30.3 Å². The molecule has 1 saturated carbocycles. The minimum atomic E-state index is -3.70. The quantitative estimate of drug-likeness (QED) is 0.583. The highest BCUT2D eigenvalue weighted by Gasteiger charge is 2.46. The van der Waals surface area contributed by atoms with Gasteiger partial charge in [-0.2, -0.15) is 5.26 Å². The highest BCUT2D eigenvalue weighted by Crippen LogP contribution is 2.54. The molecule has 3 aliphatic rings. The van der Waals surface area contributed by atoms with Crippen molar-refractivity contribution in [3.63, 3.8) is 0 Å². The van der Waals surface area contributed by atoms with Gasteiger partial charge in [0, 0.05) is 5.92 Å². The highest BCUT2D eigenvalue weighted by atomic mass is 32.2. The van der Waals surface area contributed by atoms with Gasteiger partial charge in [-0.3, -0.25) is 4.79 Å². The van der Waals surface area contributed by atoms with E-state index in [4.69, 9.17) is 9.84 Å². The fraction of sp³-hybridized carbons (Fsp3) is 0.259. The summed E-state index contributed by atoms with van der Waals surface area (Å²) in [6, 6.07) is 18.3. The molecular formula is C27H21NO5S. The monoisotopic (exact) mass is 471 g/mol. The number of hydrogen-bond acceptors (Lipinski definition) is 5. The van der Waals surface area contributed by atoms with E-state index in [0.717, 1.165) is 16.7 Å². The smallest absolute Gasteiger partial charge is 0.307 e. The molecule has 0 spiro atoms. The van der Waals surface area contributed by atoms with Gasteiger partial charge >= 0.3 is 5.97 Å². The topological polar surface area (TPSA) is 104 Å². The fourth-order valence-corrected chi connectivity index (χ4v) is 7.72. The van der Waals surface area contributed by atoms with Gasteiger partial charge in [0.2, 0.25) is 9.84 Å². The van der Waals surface area contributed by atoms with Gasteiger partial charge in [0.15, 0.2) is 0 Å². The second-order valence-corrected chi connectivity index (χ2v) is 11.2. The number of sulfone groups is 1. The third kappa shape index (κ3) is 2.99. The predicted octanol–water partition coefficient (Wildman–Crippen LogP) is 4.86. The number of aliphatic carboxylic acids is 1. The molecule has 0 radical (unpaired) electrons. The van der Waals surface area contributed by atoms with E-state index in [-0.39, 0.29) is 23.9 Å². The van der Waals surface area contributed by atoms with Gasteiger partial charge in [-0.05, 0) is 83.8 Å². The molecule has 3 aromatic rings. The average Bonchev–Trinajstić information content (AvgIpc) is 3.54. The lowest BCUT2D eigenvalue weighted by atomic mass is 9.90. The Morgan fingerprint density at radius 1 is 1.09 bits per heavy atom. The van der Waals surface area contributed by atoms with Crippen molar-refractivity contribution < 1.29 is 23.1 Å². The molecular weight excluding hydrogens is 450 g/mol. The largest absolute Gasteiger partial charge is 0.486 e. The number of ether oxygens (including phenoxy) is 1. The molecule has 6 rings (SSSR count). The summed E-state index contributed by atoms with van der Waals surface area (Å²) in [5.74, 6) is -0.520. The van der Waals surface area contributed by atoms with Gasteiger partial charge in [-0.1, -0.05) is 24.3 Å². The van der Waals surface area contributed by atoms with Gasteiger partial charge in [-0.25, -0.2) is 8.42 Å². The summed E-state index contributed by atoms with van der Waals surface area (Å²) in [6.07, 6.45) is 0.911. The summed E-state index contributed by atoms with van der Waals surface area (Å²) in [5, 5.41) is 18.6. The van der Waals surface area contributed by atoms with Crippen LogP contribution in [0.5, 0.6) is 5.75 Å². The number of fused-ring (bicyclic) bond motifs is 2. The maximum absolute atomic E-state index is 13.5. The highest BCUT2D eigenvalue weighted by molar-refractivity contribution is 7.91. The first-order valence-electron chi connectivity index (χ1n) is 11.2. The van der Waals surface area contributed by atoms with Gasteiger partial charge in [-0.15, -0.1) is 0 Å². The first-order chi connectivity index (χ1) is 16.3. The Hall–Kier alpha value is -3.63. The fourth-order valence-electron chi connectivity index (χ4n) is 5.70. The van der Waals surface area contributed by atoms with E-state index in [1.165, 1.54) is 0 Å². The third-order valence-electron chi connectivity index (χ3n) is 7.31. The number of carbonyl (C=O) groups is 1. The van der Waals surface area contributed by atoms with E-state index in [9.17, 15) is 18.5 Å². The van der Waals surface area contributed by atoms with E-state index >= 15 is 0 Å². The molecule has 1 heterocycles. The van der Waals surface area contributed by atoms with Crippen LogP contribution < -0.4 is 4.74 Å². The van der Waals surface area contributed by atoms with Crippen molar-refractivity contribution in [1.29, 1.82) is 5.26 Å². The minimum Gasteiger partial charge on any atom is -0.486 e. The number of hydrogen-bond donors (Lipinski definition) is 1. The average molecular weight is 472 g/mol. The lowest BCUT2D eigenvalue weighted by Crippen LogP contribution is -2.19. The Morgan fingerprint density at radius 3 is 2.53 bits per heavy atom. The van der Waals surface area contributed by atoms with Crippen LogP contribution in [0, 0.1) is 24.2 Å². The lowest BCUT2D eigenvalue weighted by molar-refractivity contribution is -0.138. The molecule has 1 unspecified atom stereocenters. The molecule has 1 N–H and O–H groups in total. The van der Waals surface area contributed by atoms with Crippen LogP contribution in [-0.4, -0.2) is 19.5 Å². The first-order valence-corrected chi connectivity index (χ1v) is 12.7. The predicted molar refractivity (Wildman–Crippen MR) is 123 cm³/mol. The number of rotatable bonds is 4. The van der Waals surface area contributed by atoms with Crippen LogP contribution in [0.25, 0.3) is 0 Å². The Balaban J connectivity index is 1.37. The molecule has 2 aliphatic carbocycles. The maximum atomic E-state index is 13.5. The second-order valence-electron chi connectivity index (χ2n) is 9.34. The minimum absolute atomic E-state index is 0.0547. The van der Waals surface area contributed by atoms with Crippen LogP contribution in [0.3, 0.4) is 0 Å². The van der Waals surface area contributed by atoms with E-state index in [2.05, 4.69) is 6.07 Å². The van der Waals surface area contributed by atoms with E-state index < -0.39 is 15.8 Å². The zero-order chi connectivity index (χ0) is 23.8. The van der Waals surface area contributed by atoms with Crippen LogP contribution in [0.15, 0.2) is 64.4 Å². The van der Waals surface area contributed by atoms with Crippen molar-refractivity contribution in [1.82, 2.24) is 0 Å². The maximum Gasteiger partial charge on any atom is 0.307 e. The molecule has 6 nitrogen and oxygen atoms in total. The standard InChI is InChI=1S/C27H21NO5S/c1-14-9-15(13-28)10-21-20-12-23(18-3-2-4-24(25(18)20)34(31,32)26(14)21)33-17-7-5-16(6-8-17)19-11-22(19)27(29)30/h2-10,19-20,22-23H,11-12H2,1H3,(H,29,30)/t19-,20?,22+,23-/m1/s1. The Labute approximate surface area is 197 Å². The summed E-state index contributed by atoms with van der Waals surface area (Å²) in [4.78, 5) is 11.8. The zero-order valence-electron chi connectivity index (χ0n) is 18.4. The first kappa shape index (κ1) is 20.9. The molecule has 0 aromatic heterocycles. The molecule has 34 heavy (non-hydrogen) atoms. The van der Waals surface area contributed by atoms with Crippen LogP contribution in [-0.2, 0) is 14.6 Å². The number of carboxylic acid groups (broad SMARTS) is 1. The van der Waals surface area contributed by atoms with Gasteiger partial charge in [0.25, 0.3) is 0 Å². The molecule has 1 aliphatic heterocycles. The zero-order valence-corrected chi connectivity index (χ0v) is 19.2. The Kier molecular flexibility index (Phi) is 4.42. The van der Waals surface area contributed by atoms with Crippen molar-refractivity contribution >= 4 is 15.8 Å². The van der Waals surface area contributed by atoms with Crippen LogP contribution in [0.4, 0.5) is 0 Å². The number of benzene rings is 3. The molecule has 0 bridgehead atoms. The van der Waals surface area contributed by atoms with Crippen LogP contribution in [0.1, 0.15) is 64.2 Å². The van der Waals surface area contributed by atoms with Crippen molar-refractivity contribution in [2.24, 2.45) is 5.92 Å². The van der Waals surface area contributed by atoms with E-state index in [1.54, 1.807) is 31.2 Å². The number of nitrogens with zero attached hydrogens (tertiary/aromatic N) is 1. The van der Waals surface area contributed by atoms with Crippen molar-refractivity contribution in [3.05, 3.63) is 88.0 Å². The normalized spacial score (nSPS) is 25.1. The number of carboxylic acids is 1. The summed E-state index contributed by atoms with van der Waals surface area (Å²) < 4.78 is 33.4. The molecule has 1 fully saturated rings. The molecule has 7 heteroatoms.